The molecular formula is C25H29NO4. The van der Waals surface area contributed by atoms with Crippen LogP contribution in [0.2, 0.25) is 0 Å². The fourth-order valence-corrected chi connectivity index (χ4v) is 7.13. The van der Waals surface area contributed by atoms with Crippen LogP contribution in [0.3, 0.4) is 0 Å². The molecular weight excluding hydrogens is 378 g/mol. The number of rotatable bonds is 3. The maximum atomic E-state index is 13.3. The smallest absolute Gasteiger partial charge is 0.381 e. The maximum Gasteiger partial charge on any atom is 0.381 e. The third-order valence-corrected chi connectivity index (χ3v) is 8.94. The number of carbonyl (C=O) groups excluding carboxylic acids is 2. The van der Waals surface area contributed by atoms with Crippen LogP contribution in [-0.2, 0) is 21.4 Å². The van der Waals surface area contributed by atoms with Gasteiger partial charge in [-0.25, -0.2) is 4.79 Å². The van der Waals surface area contributed by atoms with Gasteiger partial charge in [0, 0.05) is 17.0 Å². The van der Waals surface area contributed by atoms with Gasteiger partial charge >= 0.3 is 11.9 Å². The molecule has 5 nitrogen and oxygen atoms in total. The molecule has 3 unspecified atom stereocenters. The molecule has 158 valence electrons. The Morgan fingerprint density at radius 2 is 1.97 bits per heavy atom. The molecule has 0 amide bonds. The van der Waals surface area contributed by atoms with Crippen LogP contribution in [0.4, 0.5) is 0 Å². The van der Waals surface area contributed by atoms with Gasteiger partial charge in [-0.3, -0.25) is 9.69 Å². The second-order valence-corrected chi connectivity index (χ2v) is 9.81. The molecule has 5 atom stereocenters. The summed E-state index contributed by atoms with van der Waals surface area (Å²) in [4.78, 5) is 28.1. The number of nitrogens with zero attached hydrogens (tertiary/aromatic N) is 1. The van der Waals surface area contributed by atoms with Crippen molar-refractivity contribution in [3.8, 4) is 0 Å². The summed E-state index contributed by atoms with van der Waals surface area (Å²) < 4.78 is 10.4. The lowest BCUT2D eigenvalue weighted by Gasteiger charge is -2.73. The van der Waals surface area contributed by atoms with E-state index in [0.29, 0.717) is 6.04 Å². The molecule has 2 saturated heterocycles. The van der Waals surface area contributed by atoms with Gasteiger partial charge < -0.3 is 9.15 Å². The number of fused-ring (bicyclic) bond motifs is 2. The highest BCUT2D eigenvalue weighted by Gasteiger charge is 2.71. The summed E-state index contributed by atoms with van der Waals surface area (Å²) in [6.07, 6.45) is 4.85. The Kier molecular flexibility index (Phi) is 4.11. The van der Waals surface area contributed by atoms with Gasteiger partial charge in [0.25, 0.3) is 0 Å². The number of esters is 2. The summed E-state index contributed by atoms with van der Waals surface area (Å²) in [6, 6.07) is 12.3. The maximum absolute atomic E-state index is 13.3. The average molecular weight is 408 g/mol. The molecule has 2 aliphatic carbocycles. The Labute approximate surface area is 177 Å². The molecule has 2 aliphatic heterocycles. The van der Waals surface area contributed by atoms with Gasteiger partial charge in [-0.2, -0.15) is 0 Å². The molecule has 4 bridgehead atoms. The molecule has 3 fully saturated rings. The van der Waals surface area contributed by atoms with Gasteiger partial charge in [-0.05, 0) is 61.4 Å². The van der Waals surface area contributed by atoms with Gasteiger partial charge in [0.05, 0.1) is 12.2 Å². The second-order valence-electron chi connectivity index (χ2n) is 9.81. The number of furan rings is 1. The van der Waals surface area contributed by atoms with Gasteiger partial charge in [0.2, 0.25) is 5.76 Å². The van der Waals surface area contributed by atoms with E-state index < -0.39 is 11.9 Å². The molecule has 4 aliphatic rings. The number of hydrogen-bond donors (Lipinski definition) is 0. The third-order valence-electron chi connectivity index (χ3n) is 8.94. The summed E-state index contributed by atoms with van der Waals surface area (Å²) in [7, 11) is 2.16. The lowest BCUT2D eigenvalue weighted by molar-refractivity contribution is -0.210. The number of benzene rings is 1. The van der Waals surface area contributed by atoms with E-state index in [1.807, 2.05) is 0 Å². The lowest BCUT2D eigenvalue weighted by atomic mass is 9.39. The minimum Gasteiger partial charge on any atom is -0.457 e. The van der Waals surface area contributed by atoms with Crippen LogP contribution in [0.1, 0.15) is 61.7 Å². The van der Waals surface area contributed by atoms with E-state index in [0.717, 1.165) is 25.7 Å². The van der Waals surface area contributed by atoms with Crippen molar-refractivity contribution in [3.63, 3.8) is 0 Å². The predicted octanol–water partition coefficient (Wildman–Crippen LogP) is 4.36. The molecule has 1 aromatic carbocycles. The molecule has 2 aromatic rings. The van der Waals surface area contributed by atoms with E-state index >= 15 is 0 Å². The van der Waals surface area contributed by atoms with E-state index in [2.05, 4.69) is 57.0 Å². The zero-order chi connectivity index (χ0) is 21.3. The number of carbonyl (C=O) groups is 2. The van der Waals surface area contributed by atoms with Gasteiger partial charge in [-0.15, -0.1) is 0 Å². The Hall–Kier alpha value is -2.40. The van der Waals surface area contributed by atoms with Crippen LogP contribution >= 0.6 is 0 Å². The lowest BCUT2D eigenvalue weighted by Crippen LogP contribution is -2.79. The summed E-state index contributed by atoms with van der Waals surface area (Å²) in [5, 5.41) is 0. The predicted molar refractivity (Wildman–Crippen MR) is 112 cm³/mol. The van der Waals surface area contributed by atoms with Crippen LogP contribution < -0.4 is 0 Å². The van der Waals surface area contributed by atoms with Crippen LogP contribution in [0, 0.1) is 11.3 Å². The molecule has 6 rings (SSSR count). The highest BCUT2D eigenvalue weighted by molar-refractivity contribution is 5.96. The average Bonchev–Trinajstić information content (AvgIpc) is 3.27. The first-order valence-corrected chi connectivity index (χ1v) is 10.9. The fraction of sp³-hybridized carbons (Fsp3) is 0.520. The largest absolute Gasteiger partial charge is 0.457 e. The minimum absolute atomic E-state index is 0.0170. The highest BCUT2D eigenvalue weighted by atomic mass is 16.6. The zero-order valence-corrected chi connectivity index (χ0v) is 18.1. The van der Waals surface area contributed by atoms with Crippen molar-refractivity contribution >= 4 is 11.9 Å². The highest BCUT2D eigenvalue weighted by Crippen LogP contribution is 2.68. The topological polar surface area (TPSA) is 59.8 Å². The summed E-state index contributed by atoms with van der Waals surface area (Å²) in [5.41, 5.74) is 2.42. The monoisotopic (exact) mass is 407 g/mol. The first kappa shape index (κ1) is 19.6. The van der Waals surface area contributed by atoms with E-state index in [9.17, 15) is 9.59 Å². The van der Waals surface area contributed by atoms with E-state index in [4.69, 9.17) is 9.15 Å². The summed E-state index contributed by atoms with van der Waals surface area (Å²) in [5.74, 6) is -1.41. The Balaban J connectivity index is 1.55. The van der Waals surface area contributed by atoms with Crippen molar-refractivity contribution in [3.05, 3.63) is 59.5 Å². The van der Waals surface area contributed by atoms with Crippen LogP contribution in [0.5, 0.6) is 0 Å². The van der Waals surface area contributed by atoms with Crippen molar-refractivity contribution < 1.29 is 18.7 Å². The Morgan fingerprint density at radius 3 is 2.67 bits per heavy atom. The van der Waals surface area contributed by atoms with Crippen LogP contribution in [-0.4, -0.2) is 35.5 Å². The molecule has 0 spiro atoms. The molecule has 1 saturated carbocycles. The Bertz CT molecular complexity index is 1010. The molecule has 1 aromatic heterocycles. The van der Waals surface area contributed by atoms with Gasteiger partial charge in [0.15, 0.2) is 0 Å². The fourth-order valence-electron chi connectivity index (χ4n) is 7.13. The second kappa shape index (κ2) is 6.30. The van der Waals surface area contributed by atoms with Crippen molar-refractivity contribution in [1.82, 2.24) is 4.90 Å². The molecule has 5 heteroatoms. The van der Waals surface area contributed by atoms with Crippen molar-refractivity contribution in [2.45, 2.75) is 63.5 Å². The van der Waals surface area contributed by atoms with E-state index in [1.165, 1.54) is 23.5 Å². The van der Waals surface area contributed by atoms with Crippen molar-refractivity contribution in [2.75, 3.05) is 7.05 Å². The van der Waals surface area contributed by atoms with Gasteiger partial charge in [-0.1, -0.05) is 45.0 Å². The molecule has 0 N–H and O–H groups in total. The van der Waals surface area contributed by atoms with Crippen LogP contribution in [0.25, 0.3) is 0 Å². The third kappa shape index (κ3) is 2.27. The number of ether oxygens (including phenoxy) is 1. The summed E-state index contributed by atoms with van der Waals surface area (Å²) in [6.45, 7) is 6.87. The summed E-state index contributed by atoms with van der Waals surface area (Å²) >= 11 is 0. The number of likely N-dealkylation sites (N-methyl/N-ethyl adjacent to an activating group) is 1. The number of hydrogen-bond acceptors (Lipinski definition) is 5. The Morgan fingerprint density at radius 1 is 1.20 bits per heavy atom. The van der Waals surface area contributed by atoms with E-state index in [1.54, 1.807) is 6.07 Å². The SMILES string of the molecule is CCC12C[C@]3(C)c4ccccc4CC(N1C)[C@]3(C)CC2C(=O)OC(=O)c1ccco1. The number of piperidine rings is 2. The van der Waals surface area contributed by atoms with Gasteiger partial charge in [0.1, 0.15) is 0 Å². The van der Waals surface area contributed by atoms with Crippen molar-refractivity contribution in [2.24, 2.45) is 11.3 Å². The molecule has 30 heavy (non-hydrogen) atoms. The first-order chi connectivity index (χ1) is 14.3. The quantitative estimate of drug-likeness (QED) is 0.559. The minimum atomic E-state index is -0.706. The normalized spacial score (nSPS) is 36.9. The van der Waals surface area contributed by atoms with E-state index in [-0.39, 0.29) is 28.0 Å². The standard InChI is InChI=1S/C25H29NO4/c1-5-25-15-24(3)17-10-7-6-9-16(17)13-20(26(25)4)23(24,2)14-18(25)21(27)30-22(28)19-11-8-12-29-19/h6-12,18,20H,5,13-15H2,1-4H3/t18?,20?,23-,24+,25?/m0/s1. The first-order valence-electron chi connectivity index (χ1n) is 10.9. The zero-order valence-electron chi connectivity index (χ0n) is 18.1. The molecule has 3 heterocycles. The van der Waals surface area contributed by atoms with Crippen LogP contribution in [0.15, 0.2) is 47.1 Å². The van der Waals surface area contributed by atoms with Crippen molar-refractivity contribution in [1.29, 1.82) is 0 Å². The molecule has 0 radical (unpaired) electrons.